The van der Waals surface area contributed by atoms with E-state index >= 15 is 0 Å². The fourth-order valence-corrected chi connectivity index (χ4v) is 5.16. The molecule has 244 valence electrons. The van der Waals surface area contributed by atoms with E-state index in [0.29, 0.717) is 37.3 Å². The molecule has 0 aromatic heterocycles. The zero-order chi connectivity index (χ0) is 32.1. The smallest absolute Gasteiger partial charge is 0.255 e. The molecule has 13 heteroatoms. The van der Waals surface area contributed by atoms with Gasteiger partial charge in [0.25, 0.3) is 11.8 Å². The molecule has 0 radical (unpaired) electrons. The fraction of sp³-hybridized carbons (Fsp3) is 0.548. The molecule has 0 saturated carbocycles. The van der Waals surface area contributed by atoms with Crippen molar-refractivity contribution in [1.29, 1.82) is 0 Å². The summed E-state index contributed by atoms with van der Waals surface area (Å²) in [7, 11) is 0. The van der Waals surface area contributed by atoms with E-state index in [-0.39, 0.29) is 22.6 Å². The fourth-order valence-electron chi connectivity index (χ4n) is 5.16. The van der Waals surface area contributed by atoms with Gasteiger partial charge in [-0.25, -0.2) is 0 Å². The van der Waals surface area contributed by atoms with Crippen molar-refractivity contribution >= 4 is 11.8 Å². The van der Waals surface area contributed by atoms with Crippen LogP contribution in [0.2, 0.25) is 0 Å². The molecular weight excluding hydrogens is 570 g/mol. The summed E-state index contributed by atoms with van der Waals surface area (Å²) >= 11 is 0. The number of nitrogens with zero attached hydrogens (tertiary/aromatic N) is 2. The van der Waals surface area contributed by atoms with Gasteiger partial charge in [0, 0.05) is 37.3 Å². The monoisotopic (exact) mass is 617 g/mol. The molecule has 9 N–H and O–H groups in total. The highest BCUT2D eigenvalue weighted by Gasteiger charge is 2.22. The van der Waals surface area contributed by atoms with Crippen molar-refractivity contribution in [3.63, 3.8) is 0 Å². The maximum Gasteiger partial charge on any atom is 0.255 e. The lowest BCUT2D eigenvalue weighted by molar-refractivity contribution is 0.0870. The third-order valence-electron chi connectivity index (χ3n) is 7.67. The van der Waals surface area contributed by atoms with Crippen molar-refractivity contribution in [2.75, 3.05) is 65.7 Å². The lowest BCUT2D eigenvalue weighted by Gasteiger charge is -2.28. The minimum Gasteiger partial charge on any atom is -0.507 e. The van der Waals surface area contributed by atoms with Crippen molar-refractivity contribution < 1.29 is 40.2 Å². The van der Waals surface area contributed by atoms with Gasteiger partial charge in [-0.05, 0) is 63.6 Å². The first-order chi connectivity index (χ1) is 21.2. The number of nitrogens with one attached hydrogen (secondary N) is 3. The molecule has 2 aromatic carbocycles. The van der Waals surface area contributed by atoms with Crippen LogP contribution in [0.3, 0.4) is 0 Å². The Bertz CT molecular complexity index is 1220. The second-order valence-electron chi connectivity index (χ2n) is 11.2. The van der Waals surface area contributed by atoms with Crippen LogP contribution in [0.15, 0.2) is 30.3 Å². The summed E-state index contributed by atoms with van der Waals surface area (Å²) in [5.41, 5.74) is 2.10. The number of hydrogen-bond donors (Lipinski definition) is 9. The first-order valence-corrected chi connectivity index (χ1v) is 15.0. The van der Waals surface area contributed by atoms with Crippen molar-refractivity contribution in [3.05, 3.63) is 58.1 Å². The number of aliphatic hydroxyl groups is 4. The summed E-state index contributed by atoms with van der Waals surface area (Å²) in [5, 5.41) is 67.8. The minimum absolute atomic E-state index is 0.0645. The summed E-state index contributed by atoms with van der Waals surface area (Å²) in [6.45, 7) is 5.33. The highest BCUT2D eigenvalue weighted by Crippen LogP contribution is 2.27. The second kappa shape index (κ2) is 17.9. The number of carbonyl (C=O) groups is 2. The number of rotatable bonds is 12. The third kappa shape index (κ3) is 10.1. The molecule has 3 rings (SSSR count). The number of para-hydroxylation sites is 1. The van der Waals surface area contributed by atoms with Crippen LogP contribution >= 0.6 is 0 Å². The van der Waals surface area contributed by atoms with E-state index in [4.69, 9.17) is 0 Å². The Balaban J connectivity index is 1.76. The molecule has 1 heterocycles. The molecule has 0 unspecified atom stereocenters. The van der Waals surface area contributed by atoms with Gasteiger partial charge < -0.3 is 46.6 Å². The Kier molecular flexibility index (Phi) is 14.3. The van der Waals surface area contributed by atoms with Gasteiger partial charge in [0.15, 0.2) is 0 Å². The highest BCUT2D eigenvalue weighted by molar-refractivity contribution is 5.98. The molecule has 1 saturated heterocycles. The van der Waals surface area contributed by atoms with Gasteiger partial charge in [0.05, 0.1) is 49.6 Å². The molecule has 0 bridgehead atoms. The van der Waals surface area contributed by atoms with Gasteiger partial charge >= 0.3 is 0 Å². The number of benzene rings is 2. The summed E-state index contributed by atoms with van der Waals surface area (Å²) in [6.07, 6.45) is 1.77. The van der Waals surface area contributed by atoms with E-state index in [1.165, 1.54) is 6.07 Å². The van der Waals surface area contributed by atoms with Crippen molar-refractivity contribution in [3.8, 4) is 11.5 Å². The van der Waals surface area contributed by atoms with Crippen molar-refractivity contribution in [2.45, 2.75) is 44.9 Å². The highest BCUT2D eigenvalue weighted by atomic mass is 16.3. The van der Waals surface area contributed by atoms with Crippen LogP contribution in [0, 0.1) is 6.92 Å². The van der Waals surface area contributed by atoms with Crippen LogP contribution in [0.1, 0.15) is 50.2 Å². The van der Waals surface area contributed by atoms with Crippen molar-refractivity contribution in [1.82, 2.24) is 25.8 Å². The summed E-state index contributed by atoms with van der Waals surface area (Å²) in [6, 6.07) is 6.71. The molecule has 0 spiro atoms. The lowest BCUT2D eigenvalue weighted by atomic mass is 10.0. The molecule has 1 aliphatic heterocycles. The van der Waals surface area contributed by atoms with Crippen LogP contribution in [0.4, 0.5) is 0 Å². The number of amides is 2. The number of carbonyl (C=O) groups excluding carboxylic acids is 2. The molecule has 13 nitrogen and oxygen atoms in total. The Morgan fingerprint density at radius 3 is 1.80 bits per heavy atom. The first kappa shape index (κ1) is 35.2. The Morgan fingerprint density at radius 2 is 1.25 bits per heavy atom. The third-order valence-corrected chi connectivity index (χ3v) is 7.67. The average molecular weight is 618 g/mol. The molecule has 0 atom stereocenters. The molecule has 2 amide bonds. The van der Waals surface area contributed by atoms with E-state index in [2.05, 4.69) is 25.8 Å². The van der Waals surface area contributed by atoms with E-state index in [9.17, 15) is 40.2 Å². The van der Waals surface area contributed by atoms with E-state index in [1.807, 2.05) is 13.0 Å². The zero-order valence-electron chi connectivity index (χ0n) is 25.3. The van der Waals surface area contributed by atoms with Crippen LogP contribution in [-0.4, -0.2) is 130 Å². The molecular formula is C31H47N5O8. The predicted octanol–water partition coefficient (Wildman–Crippen LogP) is -0.740. The van der Waals surface area contributed by atoms with Crippen LogP contribution in [0.5, 0.6) is 11.5 Å². The predicted molar refractivity (Wildman–Crippen MR) is 164 cm³/mol. The first-order valence-electron chi connectivity index (χ1n) is 15.0. The summed E-state index contributed by atoms with van der Waals surface area (Å²) < 4.78 is 0. The lowest BCUT2D eigenvalue weighted by Crippen LogP contribution is -2.40. The Hall–Kier alpha value is -3.30. The molecule has 0 aliphatic carbocycles. The maximum absolute atomic E-state index is 12.8. The maximum atomic E-state index is 12.8. The van der Waals surface area contributed by atoms with Gasteiger partial charge in [-0.3, -0.25) is 19.4 Å². The average Bonchev–Trinajstić information content (AvgIpc) is 3.06. The normalized spacial score (nSPS) is 15.7. The summed E-state index contributed by atoms with van der Waals surface area (Å²) in [5.74, 6) is -1.45. The molecule has 1 fully saturated rings. The Morgan fingerprint density at radius 1 is 0.750 bits per heavy atom. The zero-order valence-corrected chi connectivity index (χ0v) is 25.3. The Labute approximate surface area is 258 Å². The minimum atomic E-state index is -0.831. The SMILES string of the molecule is Cc1cc(CN2CCCNCCCN(Cc3cccc(C(=O)NC(CO)CO)c3O)CC2)c(O)c(C(=O)NC(CO)CO)c1. The summed E-state index contributed by atoms with van der Waals surface area (Å²) in [4.78, 5) is 29.9. The molecule has 1 aliphatic rings. The van der Waals surface area contributed by atoms with Crippen LogP contribution < -0.4 is 16.0 Å². The largest absolute Gasteiger partial charge is 0.507 e. The number of aryl methyl sites for hydroxylation is 1. The van der Waals surface area contributed by atoms with E-state index < -0.39 is 50.3 Å². The second-order valence-corrected chi connectivity index (χ2v) is 11.2. The number of aromatic hydroxyl groups is 2. The van der Waals surface area contributed by atoms with Gasteiger partial charge in [0.2, 0.25) is 0 Å². The number of phenols is 2. The quantitative estimate of drug-likeness (QED) is 0.145. The number of aliphatic hydroxyl groups excluding tert-OH is 4. The van der Waals surface area contributed by atoms with Crippen LogP contribution in [-0.2, 0) is 13.1 Å². The van der Waals surface area contributed by atoms with Crippen molar-refractivity contribution in [2.24, 2.45) is 0 Å². The number of hydrogen-bond acceptors (Lipinski definition) is 11. The van der Waals surface area contributed by atoms with E-state index in [0.717, 1.165) is 44.6 Å². The van der Waals surface area contributed by atoms with Gasteiger partial charge in [-0.2, -0.15) is 0 Å². The van der Waals surface area contributed by atoms with Gasteiger partial charge in [-0.1, -0.05) is 18.2 Å². The molecule has 2 aromatic rings. The van der Waals surface area contributed by atoms with E-state index in [1.54, 1.807) is 18.2 Å². The topological polar surface area (TPSA) is 198 Å². The van der Waals surface area contributed by atoms with Crippen LogP contribution in [0.25, 0.3) is 0 Å². The van der Waals surface area contributed by atoms with Gasteiger partial charge in [0.1, 0.15) is 11.5 Å². The number of phenolic OH excluding ortho intramolecular Hbond substituents is 2. The van der Waals surface area contributed by atoms with Gasteiger partial charge in [-0.15, -0.1) is 0 Å². The standard InChI is InChI=1S/C31H47N5O8/c1-21-13-23(29(42)27(14-21)31(44)34-25(19-39)20-40)16-36-10-4-8-32-7-3-9-35(11-12-36)15-22-5-2-6-26(28(22)41)30(43)33-24(17-37)18-38/h2,5-6,13-14,24-25,32,37-42H,3-4,7-12,15-20H2,1H3,(H,33,43)(H,34,44). The molecule has 44 heavy (non-hydrogen) atoms.